The van der Waals surface area contributed by atoms with Crippen LogP contribution in [0.2, 0.25) is 0 Å². The predicted octanol–water partition coefficient (Wildman–Crippen LogP) is 6.67. The minimum absolute atomic E-state index is 0.00941. The third-order valence-electron chi connectivity index (χ3n) is 12.5. The van der Waals surface area contributed by atoms with Crippen LogP contribution in [0.3, 0.4) is 0 Å². The summed E-state index contributed by atoms with van der Waals surface area (Å²) in [7, 11) is 0. The number of carbonyl (C=O) groups is 3. The maximum Gasteiger partial charge on any atom is 0.336 e. The van der Waals surface area contributed by atoms with Gasteiger partial charge in [-0.3, -0.25) is 9.59 Å². The quantitative estimate of drug-likeness (QED) is 0.139. The van der Waals surface area contributed by atoms with Gasteiger partial charge in [0.2, 0.25) is 6.79 Å². The van der Waals surface area contributed by atoms with Crippen molar-refractivity contribution in [1.82, 2.24) is 0 Å². The molecule has 0 heterocycles. The summed E-state index contributed by atoms with van der Waals surface area (Å²) in [4.78, 5) is 38.8. The number of carbonyl (C=O) groups excluding carboxylic acids is 3. The number of esters is 3. The number of hydrogen-bond donors (Lipinski definition) is 2. The fraction of sp³-hybridized carbons (Fsp3) is 0.811. The molecule has 4 aliphatic rings. The molecule has 10 atom stereocenters. The van der Waals surface area contributed by atoms with Crippen LogP contribution in [0.25, 0.3) is 0 Å². The number of fused-ring (bicyclic) bond motifs is 5. The average Bonchev–Trinajstić information content (AvgIpc) is 3.19. The van der Waals surface area contributed by atoms with E-state index in [0.717, 1.165) is 36.8 Å². The summed E-state index contributed by atoms with van der Waals surface area (Å²) in [6, 6.07) is 0. The highest BCUT2D eigenvalue weighted by molar-refractivity contribution is 5.90. The Kier molecular flexibility index (Phi) is 10.1. The van der Waals surface area contributed by atoms with Crippen LogP contribution >= 0.6 is 0 Å². The largest absolute Gasteiger partial charge is 0.458 e. The number of ether oxygens (including phenoxy) is 3. The first-order valence-corrected chi connectivity index (χ1v) is 17.0. The van der Waals surface area contributed by atoms with Gasteiger partial charge in [-0.15, -0.1) is 0 Å². The monoisotopic (exact) mass is 630 g/mol. The van der Waals surface area contributed by atoms with Crippen LogP contribution in [0.5, 0.6) is 0 Å². The Morgan fingerprint density at radius 2 is 1.62 bits per heavy atom. The zero-order valence-corrected chi connectivity index (χ0v) is 29.3. The molecule has 2 N–H and O–H groups in total. The molecule has 0 amide bonds. The van der Waals surface area contributed by atoms with Crippen LogP contribution in [0.15, 0.2) is 22.8 Å². The summed E-state index contributed by atoms with van der Waals surface area (Å²) < 4.78 is 16.9. The minimum Gasteiger partial charge on any atom is -0.458 e. The molecule has 8 nitrogen and oxygen atoms in total. The fourth-order valence-electron chi connectivity index (χ4n) is 10.2. The minimum atomic E-state index is -0.737. The molecular formula is C37H58O8. The summed E-state index contributed by atoms with van der Waals surface area (Å²) >= 11 is 0. The first kappa shape index (κ1) is 35.7. The third-order valence-corrected chi connectivity index (χ3v) is 12.5. The number of rotatable bonds is 7. The molecule has 0 aromatic heterocycles. The molecule has 45 heavy (non-hydrogen) atoms. The highest BCUT2D eigenvalue weighted by Gasteiger charge is 2.70. The van der Waals surface area contributed by atoms with Gasteiger partial charge in [0.1, 0.15) is 6.10 Å². The maximum atomic E-state index is 13.9. The van der Waals surface area contributed by atoms with Gasteiger partial charge in [-0.05, 0) is 131 Å². The van der Waals surface area contributed by atoms with E-state index in [2.05, 4.69) is 33.8 Å². The van der Waals surface area contributed by atoms with Gasteiger partial charge in [-0.2, -0.15) is 0 Å². The SMILES string of the molecule is CC(=O)O[C@H]1C[C@@]2(C)[C@H](C[C@@H](O)[C@@H]3[C@@]4(C)CC[C@@H](O)[C@@H](C)C4CC[C@@]32C)C1=C(CCC=C(C)C)C(=O)OCOC(=O)C(C)(C)C. The molecule has 0 bridgehead atoms. The van der Waals surface area contributed by atoms with Crippen LogP contribution in [-0.4, -0.2) is 53.2 Å². The van der Waals surface area contributed by atoms with Crippen LogP contribution in [-0.2, 0) is 28.6 Å². The summed E-state index contributed by atoms with van der Waals surface area (Å²) in [5, 5.41) is 22.9. The van der Waals surface area contributed by atoms with Gasteiger partial charge >= 0.3 is 17.9 Å². The van der Waals surface area contributed by atoms with Crippen LogP contribution in [0.1, 0.15) is 121 Å². The van der Waals surface area contributed by atoms with Gasteiger partial charge in [0.15, 0.2) is 0 Å². The van der Waals surface area contributed by atoms with Crippen molar-refractivity contribution in [3.05, 3.63) is 22.8 Å². The number of hydrogen-bond acceptors (Lipinski definition) is 8. The molecule has 4 aliphatic carbocycles. The van der Waals surface area contributed by atoms with Crippen molar-refractivity contribution in [3.8, 4) is 0 Å². The van der Waals surface area contributed by atoms with E-state index in [1.54, 1.807) is 20.8 Å². The molecule has 254 valence electrons. The first-order chi connectivity index (χ1) is 20.8. The van der Waals surface area contributed by atoms with E-state index in [9.17, 15) is 24.6 Å². The van der Waals surface area contributed by atoms with Gasteiger partial charge < -0.3 is 24.4 Å². The smallest absolute Gasteiger partial charge is 0.336 e. The highest BCUT2D eigenvalue weighted by atomic mass is 16.7. The second kappa shape index (κ2) is 12.8. The number of aliphatic hydroxyl groups is 2. The standard InChI is InChI=1S/C37H58O8/c1-21(2)12-11-13-24(32(41)43-20-44-33(42)34(5,6)7)30-26-18-28(40)31-35(8)16-15-27(39)22(3)25(35)14-17-36(31,9)37(26,10)19-29(30)45-23(4)38/h12,22,25-29,31,39-40H,11,13-20H2,1-10H3/t22-,25?,26+,27+,28+,29-,31+,35-,36-,37-/m0/s1. The van der Waals surface area contributed by atoms with Gasteiger partial charge in [0.05, 0.1) is 17.6 Å². The first-order valence-electron chi connectivity index (χ1n) is 17.0. The Hall–Kier alpha value is -2.19. The molecule has 4 rings (SSSR count). The lowest BCUT2D eigenvalue weighted by molar-refractivity contribution is -0.234. The van der Waals surface area contributed by atoms with Crippen molar-refractivity contribution in [1.29, 1.82) is 0 Å². The molecule has 0 aliphatic heterocycles. The van der Waals surface area contributed by atoms with E-state index in [4.69, 9.17) is 14.2 Å². The van der Waals surface area contributed by atoms with Crippen molar-refractivity contribution < 1.29 is 38.8 Å². The zero-order chi connectivity index (χ0) is 33.7. The van der Waals surface area contributed by atoms with Crippen molar-refractivity contribution in [2.75, 3.05) is 6.79 Å². The lowest BCUT2D eigenvalue weighted by atomic mass is 9.36. The van der Waals surface area contributed by atoms with E-state index >= 15 is 0 Å². The summed E-state index contributed by atoms with van der Waals surface area (Å²) in [5.74, 6) is -1.16. The predicted molar refractivity (Wildman–Crippen MR) is 171 cm³/mol. The summed E-state index contributed by atoms with van der Waals surface area (Å²) in [6.45, 7) is 19.2. The normalized spacial score (nSPS) is 40.3. The second-order valence-corrected chi connectivity index (χ2v) is 16.6. The Balaban J connectivity index is 1.78. The van der Waals surface area contributed by atoms with Crippen LogP contribution < -0.4 is 0 Å². The zero-order valence-electron chi connectivity index (χ0n) is 29.3. The fourth-order valence-corrected chi connectivity index (χ4v) is 10.2. The van der Waals surface area contributed by atoms with E-state index in [1.807, 2.05) is 13.8 Å². The number of aliphatic hydroxyl groups excluding tert-OH is 2. The third kappa shape index (κ3) is 6.39. The summed E-state index contributed by atoms with van der Waals surface area (Å²) in [6.07, 6.45) is 5.95. The Morgan fingerprint density at radius 1 is 0.956 bits per heavy atom. The van der Waals surface area contributed by atoms with Gasteiger partial charge in [0, 0.05) is 12.5 Å². The molecule has 4 saturated carbocycles. The molecule has 8 heteroatoms. The second-order valence-electron chi connectivity index (χ2n) is 16.6. The lowest BCUT2D eigenvalue weighted by Crippen LogP contribution is -2.65. The van der Waals surface area contributed by atoms with Gasteiger partial charge in [-0.25, -0.2) is 4.79 Å². The van der Waals surface area contributed by atoms with E-state index < -0.39 is 42.3 Å². The maximum absolute atomic E-state index is 13.9. The van der Waals surface area contributed by atoms with E-state index in [0.29, 0.717) is 37.2 Å². The molecule has 4 fully saturated rings. The molecule has 0 saturated heterocycles. The van der Waals surface area contributed by atoms with Gasteiger partial charge in [-0.1, -0.05) is 39.3 Å². The molecule has 0 radical (unpaired) electrons. The lowest BCUT2D eigenvalue weighted by Gasteiger charge is -2.69. The van der Waals surface area contributed by atoms with Crippen LogP contribution in [0.4, 0.5) is 0 Å². The van der Waals surface area contributed by atoms with Crippen LogP contribution in [0, 0.1) is 45.3 Å². The van der Waals surface area contributed by atoms with Crippen molar-refractivity contribution in [2.45, 2.75) is 139 Å². The van der Waals surface area contributed by atoms with Crippen molar-refractivity contribution >= 4 is 17.9 Å². The molecule has 0 aromatic rings. The molecule has 0 aromatic carbocycles. The van der Waals surface area contributed by atoms with Crippen molar-refractivity contribution in [3.63, 3.8) is 0 Å². The topological polar surface area (TPSA) is 119 Å². The molecule has 0 spiro atoms. The molecular weight excluding hydrogens is 572 g/mol. The highest BCUT2D eigenvalue weighted by Crippen LogP contribution is 2.74. The van der Waals surface area contributed by atoms with E-state index in [1.165, 1.54) is 6.92 Å². The number of allylic oxidation sites excluding steroid dienone is 2. The Labute approximate surface area is 270 Å². The van der Waals surface area contributed by atoms with Crippen molar-refractivity contribution in [2.24, 2.45) is 45.3 Å². The molecule has 1 unspecified atom stereocenters. The van der Waals surface area contributed by atoms with Gasteiger partial charge in [0.25, 0.3) is 0 Å². The average molecular weight is 631 g/mol. The van der Waals surface area contributed by atoms with E-state index in [-0.39, 0.29) is 40.1 Å². The Morgan fingerprint density at radius 3 is 2.22 bits per heavy atom. The summed E-state index contributed by atoms with van der Waals surface area (Å²) in [5.41, 5.74) is 0.798. The Bertz CT molecular complexity index is 1220.